The van der Waals surface area contributed by atoms with E-state index in [1.165, 1.54) is 0 Å². The average Bonchev–Trinajstić information content (AvgIpc) is 2.95. The standard InChI is InChI=1S/C19H19Br2N3O6/c20-13-6-11-12(7-14(13)21)19(29)24(18(11)28)8-16(26)30-9-15(25)22-23-17(27)10-4-2-1-3-5-10/h1-5,11-14H,6-9H2,(H,22,25)(H,23,27)/t11-,12+,13+,14-. The molecule has 0 radical (unpaired) electrons. The monoisotopic (exact) mass is 543 g/mol. The van der Waals surface area contributed by atoms with E-state index in [9.17, 15) is 24.0 Å². The molecule has 2 N–H and O–H groups in total. The van der Waals surface area contributed by atoms with Crippen LogP contribution in [0.1, 0.15) is 23.2 Å². The number of esters is 1. The lowest BCUT2D eigenvalue weighted by atomic mass is 9.81. The second-order valence-corrected chi connectivity index (χ2v) is 9.36. The predicted molar refractivity (Wildman–Crippen MR) is 111 cm³/mol. The van der Waals surface area contributed by atoms with E-state index in [0.717, 1.165) is 4.90 Å². The molecule has 0 bridgehead atoms. The zero-order valence-electron chi connectivity index (χ0n) is 15.7. The van der Waals surface area contributed by atoms with Crippen LogP contribution in [-0.4, -0.2) is 57.3 Å². The van der Waals surface area contributed by atoms with Crippen LogP contribution in [0.5, 0.6) is 0 Å². The Morgan fingerprint density at radius 2 is 1.53 bits per heavy atom. The molecule has 1 saturated carbocycles. The minimum Gasteiger partial charge on any atom is -0.454 e. The van der Waals surface area contributed by atoms with Crippen LogP contribution >= 0.6 is 31.9 Å². The van der Waals surface area contributed by atoms with Crippen molar-refractivity contribution >= 4 is 61.5 Å². The molecule has 0 aromatic heterocycles. The topological polar surface area (TPSA) is 122 Å². The Bertz CT molecular complexity index is 837. The highest BCUT2D eigenvalue weighted by molar-refractivity contribution is 9.12. The first-order valence-electron chi connectivity index (χ1n) is 9.21. The highest BCUT2D eigenvalue weighted by Gasteiger charge is 2.52. The van der Waals surface area contributed by atoms with Crippen molar-refractivity contribution in [2.75, 3.05) is 13.2 Å². The Kier molecular flexibility index (Phi) is 7.24. The van der Waals surface area contributed by atoms with Crippen molar-refractivity contribution in [2.45, 2.75) is 22.5 Å². The lowest BCUT2D eigenvalue weighted by Gasteiger charge is -2.29. The smallest absolute Gasteiger partial charge is 0.326 e. The van der Waals surface area contributed by atoms with Gasteiger partial charge in [0.1, 0.15) is 6.54 Å². The molecular weight excluding hydrogens is 526 g/mol. The van der Waals surface area contributed by atoms with Crippen LogP contribution in [0.4, 0.5) is 0 Å². The normalized spacial score (nSPS) is 25.5. The molecule has 11 heteroatoms. The minimum atomic E-state index is -0.884. The van der Waals surface area contributed by atoms with Crippen molar-refractivity contribution in [3.8, 4) is 0 Å². The second-order valence-electron chi connectivity index (χ2n) is 7.01. The van der Waals surface area contributed by atoms with E-state index in [-0.39, 0.29) is 9.65 Å². The fourth-order valence-corrected chi connectivity index (χ4v) is 4.70. The van der Waals surface area contributed by atoms with Gasteiger partial charge in [0.2, 0.25) is 11.8 Å². The molecule has 4 amide bonds. The molecule has 1 saturated heterocycles. The first-order chi connectivity index (χ1) is 14.3. The fraction of sp³-hybridized carbons (Fsp3) is 0.421. The van der Waals surface area contributed by atoms with E-state index in [4.69, 9.17) is 4.74 Å². The van der Waals surface area contributed by atoms with Crippen LogP contribution in [0.2, 0.25) is 0 Å². The molecule has 3 rings (SSSR count). The SMILES string of the molecule is O=C(COC(=O)CN1C(=O)[C@H]2C[C@@H](Br)[C@@H](Br)C[C@H]2C1=O)NNC(=O)c1ccccc1. The number of carbonyl (C=O) groups excluding carboxylic acids is 5. The summed E-state index contributed by atoms with van der Waals surface area (Å²) in [4.78, 5) is 61.7. The van der Waals surface area contributed by atoms with Crippen molar-refractivity contribution in [1.82, 2.24) is 15.8 Å². The quantitative estimate of drug-likeness (QED) is 0.246. The van der Waals surface area contributed by atoms with Crippen molar-refractivity contribution in [3.05, 3.63) is 35.9 Å². The molecule has 1 aromatic carbocycles. The Labute approximate surface area is 189 Å². The molecule has 9 nitrogen and oxygen atoms in total. The van der Waals surface area contributed by atoms with Crippen molar-refractivity contribution < 1.29 is 28.7 Å². The Morgan fingerprint density at radius 3 is 2.10 bits per heavy atom. The first kappa shape index (κ1) is 22.4. The Morgan fingerprint density at radius 1 is 0.967 bits per heavy atom. The summed E-state index contributed by atoms with van der Waals surface area (Å²) in [6, 6.07) is 8.23. The summed E-state index contributed by atoms with van der Waals surface area (Å²) in [6.07, 6.45) is 1.00. The van der Waals surface area contributed by atoms with E-state index >= 15 is 0 Å². The fourth-order valence-electron chi connectivity index (χ4n) is 3.46. The molecule has 2 aliphatic rings. The maximum Gasteiger partial charge on any atom is 0.326 e. The molecule has 160 valence electrons. The van der Waals surface area contributed by atoms with Crippen molar-refractivity contribution in [2.24, 2.45) is 11.8 Å². The molecule has 2 fully saturated rings. The zero-order chi connectivity index (χ0) is 21.8. The number of fused-ring (bicyclic) bond motifs is 1. The summed E-state index contributed by atoms with van der Waals surface area (Å²) < 4.78 is 4.83. The van der Waals surface area contributed by atoms with E-state index < -0.39 is 54.6 Å². The number of hydrazine groups is 1. The Balaban J connectivity index is 1.44. The van der Waals surface area contributed by atoms with Gasteiger partial charge < -0.3 is 4.74 Å². The maximum atomic E-state index is 12.5. The van der Waals surface area contributed by atoms with Crippen LogP contribution in [0.25, 0.3) is 0 Å². The number of halogens is 2. The van der Waals surface area contributed by atoms with Gasteiger partial charge in [-0.15, -0.1) is 0 Å². The van der Waals surface area contributed by atoms with Crippen molar-refractivity contribution in [1.29, 1.82) is 0 Å². The van der Waals surface area contributed by atoms with Gasteiger partial charge in [0.15, 0.2) is 6.61 Å². The van der Waals surface area contributed by atoms with Crippen LogP contribution in [0.3, 0.4) is 0 Å². The lowest BCUT2D eigenvalue weighted by molar-refractivity contribution is -0.155. The van der Waals surface area contributed by atoms with E-state index in [0.29, 0.717) is 18.4 Å². The third-order valence-corrected chi connectivity index (χ3v) is 7.74. The number of nitrogens with zero attached hydrogens (tertiary/aromatic N) is 1. The number of carbonyl (C=O) groups is 5. The summed E-state index contributed by atoms with van der Waals surface area (Å²) in [5.41, 5.74) is 4.66. The third kappa shape index (κ3) is 5.07. The predicted octanol–water partition coefficient (Wildman–Crippen LogP) is 0.913. The Hall–Kier alpha value is -2.27. The maximum absolute atomic E-state index is 12.5. The van der Waals surface area contributed by atoms with Gasteiger partial charge in [0.05, 0.1) is 11.8 Å². The summed E-state index contributed by atoms with van der Waals surface area (Å²) >= 11 is 6.99. The van der Waals surface area contributed by atoms with Crippen molar-refractivity contribution in [3.63, 3.8) is 0 Å². The van der Waals surface area contributed by atoms with Gasteiger partial charge in [0.25, 0.3) is 11.8 Å². The number of imide groups is 1. The summed E-state index contributed by atoms with van der Waals surface area (Å²) in [5, 5.41) is 0. The summed E-state index contributed by atoms with van der Waals surface area (Å²) in [6.45, 7) is -1.21. The second kappa shape index (κ2) is 9.69. The molecular formula is C19H19Br2N3O6. The summed E-state index contributed by atoms with van der Waals surface area (Å²) in [7, 11) is 0. The zero-order valence-corrected chi connectivity index (χ0v) is 18.8. The highest BCUT2D eigenvalue weighted by Crippen LogP contribution is 2.43. The summed E-state index contributed by atoms with van der Waals surface area (Å²) in [5.74, 6) is -3.88. The molecule has 1 aliphatic heterocycles. The van der Waals surface area contributed by atoms with Crippen LogP contribution in [-0.2, 0) is 23.9 Å². The number of benzene rings is 1. The van der Waals surface area contributed by atoms with Gasteiger partial charge in [0, 0.05) is 15.2 Å². The van der Waals surface area contributed by atoms with Gasteiger partial charge in [-0.2, -0.15) is 0 Å². The largest absolute Gasteiger partial charge is 0.454 e. The number of likely N-dealkylation sites (tertiary alicyclic amines) is 1. The molecule has 0 unspecified atom stereocenters. The molecule has 4 atom stereocenters. The molecule has 1 aromatic rings. The van der Waals surface area contributed by atoms with E-state index in [1.54, 1.807) is 30.3 Å². The number of nitrogens with one attached hydrogen (secondary N) is 2. The lowest BCUT2D eigenvalue weighted by Crippen LogP contribution is -2.44. The van der Waals surface area contributed by atoms with Gasteiger partial charge >= 0.3 is 5.97 Å². The van der Waals surface area contributed by atoms with Crippen LogP contribution in [0, 0.1) is 11.8 Å². The number of alkyl halides is 2. The first-order valence-corrected chi connectivity index (χ1v) is 11.0. The van der Waals surface area contributed by atoms with Gasteiger partial charge in [-0.1, -0.05) is 50.1 Å². The van der Waals surface area contributed by atoms with Crippen LogP contribution < -0.4 is 10.9 Å². The number of hydrogen-bond acceptors (Lipinski definition) is 6. The number of hydrogen-bond donors (Lipinski definition) is 2. The van der Waals surface area contributed by atoms with Crippen LogP contribution in [0.15, 0.2) is 30.3 Å². The molecule has 0 spiro atoms. The van der Waals surface area contributed by atoms with Gasteiger partial charge in [-0.05, 0) is 25.0 Å². The van der Waals surface area contributed by atoms with Gasteiger partial charge in [-0.25, -0.2) is 0 Å². The average molecular weight is 545 g/mol. The minimum absolute atomic E-state index is 0.0668. The number of ether oxygens (including phenoxy) is 1. The molecule has 1 aliphatic carbocycles. The number of amides is 4. The van der Waals surface area contributed by atoms with Gasteiger partial charge in [-0.3, -0.25) is 39.7 Å². The third-order valence-electron chi connectivity index (χ3n) is 5.01. The number of rotatable bonds is 5. The molecule has 1 heterocycles. The van der Waals surface area contributed by atoms with E-state index in [2.05, 4.69) is 42.7 Å². The van der Waals surface area contributed by atoms with E-state index in [1.807, 2.05) is 0 Å². The highest BCUT2D eigenvalue weighted by atomic mass is 79.9. The molecule has 30 heavy (non-hydrogen) atoms.